The third-order valence-corrected chi connectivity index (χ3v) is 5.87. The lowest BCUT2D eigenvalue weighted by molar-refractivity contribution is 0.0392. The number of aliphatic hydroxyl groups is 1. The molecule has 15 heavy (non-hydrogen) atoms. The Morgan fingerprint density at radius 1 is 1.47 bits per heavy atom. The van der Waals surface area contributed by atoms with E-state index in [2.05, 4.69) is 0 Å². The molecule has 1 N–H and O–H groups in total. The lowest BCUT2D eigenvalue weighted by Crippen LogP contribution is -2.17. The highest BCUT2D eigenvalue weighted by atomic mass is 32.2. The Morgan fingerprint density at radius 2 is 2.07 bits per heavy atom. The third kappa shape index (κ3) is 3.44. The summed E-state index contributed by atoms with van der Waals surface area (Å²) in [5.41, 5.74) is 0. The van der Waals surface area contributed by atoms with E-state index in [1.807, 2.05) is 0 Å². The summed E-state index contributed by atoms with van der Waals surface area (Å²) in [6.07, 6.45) is -0.269. The molecule has 0 aromatic rings. The van der Waals surface area contributed by atoms with Gasteiger partial charge in [0.25, 0.3) is 0 Å². The standard InChI is InChI=1S/C8H17O5PS/c1-3-11-14(10,12-4-2)8-13-7(5-9)6-15-8/h7-9H,3-6H2,1-2H3/t7-,8+/m1/s1. The number of rotatable bonds is 6. The van der Waals surface area contributed by atoms with Crippen molar-refractivity contribution < 1.29 is 23.5 Å². The van der Waals surface area contributed by atoms with Crippen molar-refractivity contribution >= 4 is 19.4 Å². The third-order valence-electron chi connectivity index (χ3n) is 1.81. The molecule has 0 aromatic carbocycles. The van der Waals surface area contributed by atoms with Crippen molar-refractivity contribution in [1.82, 2.24) is 0 Å². The average Bonchev–Trinajstić information content (AvgIpc) is 2.67. The Hall–Kier alpha value is 0.420. The Balaban J connectivity index is 2.61. The van der Waals surface area contributed by atoms with Gasteiger partial charge in [-0.1, -0.05) is 0 Å². The van der Waals surface area contributed by atoms with Gasteiger partial charge in [-0.05, 0) is 13.8 Å². The molecule has 0 aromatic heterocycles. The maximum absolute atomic E-state index is 12.2. The van der Waals surface area contributed by atoms with Crippen LogP contribution in [0, 0.1) is 0 Å². The maximum Gasteiger partial charge on any atom is 0.369 e. The van der Waals surface area contributed by atoms with Gasteiger partial charge in [0.1, 0.15) is 0 Å². The van der Waals surface area contributed by atoms with E-state index < -0.39 is 12.8 Å². The predicted octanol–water partition coefficient (Wildman–Crippen LogP) is 1.66. The smallest absolute Gasteiger partial charge is 0.369 e. The maximum atomic E-state index is 12.2. The molecule has 0 spiro atoms. The largest absolute Gasteiger partial charge is 0.394 e. The van der Waals surface area contributed by atoms with Gasteiger partial charge in [0.15, 0.2) is 0 Å². The van der Waals surface area contributed by atoms with Gasteiger partial charge in [0, 0.05) is 5.75 Å². The second kappa shape index (κ2) is 6.23. The van der Waals surface area contributed by atoms with E-state index in [4.69, 9.17) is 18.9 Å². The fourth-order valence-electron chi connectivity index (χ4n) is 1.21. The summed E-state index contributed by atoms with van der Waals surface area (Å²) in [6.45, 7) is 4.09. The fraction of sp³-hybridized carbons (Fsp3) is 1.00. The van der Waals surface area contributed by atoms with Gasteiger partial charge in [-0.25, -0.2) is 0 Å². The zero-order valence-electron chi connectivity index (χ0n) is 8.92. The summed E-state index contributed by atoms with van der Waals surface area (Å²) in [5.74, 6) is 0.616. The Labute approximate surface area is 94.0 Å². The molecule has 7 heteroatoms. The van der Waals surface area contributed by atoms with Gasteiger partial charge < -0.3 is 18.9 Å². The van der Waals surface area contributed by atoms with Crippen LogP contribution in [-0.2, 0) is 18.3 Å². The summed E-state index contributed by atoms with van der Waals surface area (Å²) in [5, 5.41) is 8.30. The minimum Gasteiger partial charge on any atom is -0.394 e. The second-order valence-electron chi connectivity index (χ2n) is 2.96. The molecule has 90 valence electrons. The molecule has 1 rings (SSSR count). The minimum atomic E-state index is -3.19. The van der Waals surface area contributed by atoms with Gasteiger partial charge in [0.2, 0.25) is 5.18 Å². The molecule has 2 atom stereocenters. The Morgan fingerprint density at radius 3 is 2.47 bits per heavy atom. The molecular formula is C8H17O5PS. The van der Waals surface area contributed by atoms with Crippen molar-refractivity contribution in [2.45, 2.75) is 25.1 Å². The fourth-order valence-corrected chi connectivity index (χ4v) is 4.72. The summed E-state index contributed by atoms with van der Waals surface area (Å²) < 4.78 is 27.9. The van der Waals surface area contributed by atoms with Crippen molar-refractivity contribution in [2.24, 2.45) is 0 Å². The first-order valence-corrected chi connectivity index (χ1v) is 7.59. The monoisotopic (exact) mass is 256 g/mol. The van der Waals surface area contributed by atoms with Crippen molar-refractivity contribution in [2.75, 3.05) is 25.6 Å². The van der Waals surface area contributed by atoms with Crippen LogP contribution in [-0.4, -0.2) is 42.0 Å². The molecule has 0 saturated carbocycles. The van der Waals surface area contributed by atoms with Gasteiger partial charge in [-0.3, -0.25) is 4.57 Å². The normalized spacial score (nSPS) is 27.1. The average molecular weight is 256 g/mol. The summed E-state index contributed by atoms with van der Waals surface area (Å²) in [4.78, 5) is 0. The summed E-state index contributed by atoms with van der Waals surface area (Å²) in [7, 11) is -3.19. The highest BCUT2D eigenvalue weighted by Crippen LogP contribution is 2.59. The van der Waals surface area contributed by atoms with E-state index in [-0.39, 0.29) is 12.7 Å². The van der Waals surface area contributed by atoms with Gasteiger partial charge in [0.05, 0.1) is 25.9 Å². The molecule has 1 fully saturated rings. The molecule has 1 saturated heterocycles. The molecular weight excluding hydrogens is 239 g/mol. The Kier molecular flexibility index (Phi) is 5.60. The zero-order valence-corrected chi connectivity index (χ0v) is 10.6. The summed E-state index contributed by atoms with van der Waals surface area (Å²) in [6, 6.07) is 0. The second-order valence-corrected chi connectivity index (χ2v) is 6.47. The highest BCUT2D eigenvalue weighted by molar-refractivity contribution is 8.05. The van der Waals surface area contributed by atoms with E-state index in [9.17, 15) is 4.57 Å². The predicted molar refractivity (Wildman–Crippen MR) is 59.1 cm³/mol. The van der Waals surface area contributed by atoms with Crippen LogP contribution < -0.4 is 0 Å². The molecule has 0 unspecified atom stereocenters. The lowest BCUT2D eigenvalue weighted by atomic mass is 10.4. The molecule has 1 aliphatic heterocycles. The van der Waals surface area contributed by atoms with E-state index in [0.717, 1.165) is 0 Å². The molecule has 1 heterocycles. The quantitative estimate of drug-likeness (QED) is 0.729. The molecule has 5 nitrogen and oxygen atoms in total. The first kappa shape index (κ1) is 13.5. The van der Waals surface area contributed by atoms with Gasteiger partial charge >= 0.3 is 7.60 Å². The van der Waals surface area contributed by atoms with Crippen LogP contribution >= 0.6 is 19.4 Å². The highest BCUT2D eigenvalue weighted by Gasteiger charge is 2.42. The first-order chi connectivity index (χ1) is 7.16. The van der Waals surface area contributed by atoms with E-state index in [1.165, 1.54) is 11.8 Å². The first-order valence-electron chi connectivity index (χ1n) is 4.93. The van der Waals surface area contributed by atoms with Crippen LogP contribution in [0.25, 0.3) is 0 Å². The number of thioether (sulfide) groups is 1. The van der Waals surface area contributed by atoms with Crippen LogP contribution in [0.5, 0.6) is 0 Å². The molecule has 0 bridgehead atoms. The number of aliphatic hydroxyl groups excluding tert-OH is 1. The lowest BCUT2D eigenvalue weighted by Gasteiger charge is -2.21. The minimum absolute atomic E-state index is 0.0677. The van der Waals surface area contributed by atoms with Crippen molar-refractivity contribution in [3.05, 3.63) is 0 Å². The van der Waals surface area contributed by atoms with Gasteiger partial charge in [-0.2, -0.15) is 0 Å². The van der Waals surface area contributed by atoms with Crippen LogP contribution in [0.1, 0.15) is 13.8 Å². The zero-order chi connectivity index (χ0) is 11.3. The van der Waals surface area contributed by atoms with Crippen LogP contribution in [0.15, 0.2) is 0 Å². The van der Waals surface area contributed by atoms with Crippen LogP contribution in [0.2, 0.25) is 0 Å². The van der Waals surface area contributed by atoms with E-state index in [0.29, 0.717) is 19.0 Å². The number of ether oxygens (including phenoxy) is 1. The van der Waals surface area contributed by atoms with Gasteiger partial charge in [-0.15, -0.1) is 11.8 Å². The molecule has 0 radical (unpaired) electrons. The number of hydrogen-bond acceptors (Lipinski definition) is 6. The Bertz CT molecular complexity index is 227. The van der Waals surface area contributed by atoms with E-state index in [1.54, 1.807) is 13.8 Å². The van der Waals surface area contributed by atoms with Crippen molar-refractivity contribution in [3.8, 4) is 0 Å². The van der Waals surface area contributed by atoms with Crippen molar-refractivity contribution in [1.29, 1.82) is 0 Å². The topological polar surface area (TPSA) is 65.0 Å². The number of hydrogen-bond donors (Lipinski definition) is 1. The summed E-state index contributed by atoms with van der Waals surface area (Å²) >= 11 is 1.37. The van der Waals surface area contributed by atoms with Crippen LogP contribution in [0.3, 0.4) is 0 Å². The molecule has 0 aliphatic carbocycles. The van der Waals surface area contributed by atoms with Crippen LogP contribution in [0.4, 0.5) is 0 Å². The SMILES string of the molecule is CCOP(=O)(OCC)[C@@H]1O[C@H](CO)CS1. The van der Waals surface area contributed by atoms with E-state index >= 15 is 0 Å². The molecule has 0 amide bonds. The van der Waals surface area contributed by atoms with Crippen molar-refractivity contribution in [3.63, 3.8) is 0 Å². The molecule has 1 aliphatic rings.